The van der Waals surface area contributed by atoms with Gasteiger partial charge < -0.3 is 15.4 Å². The molecule has 0 saturated carbocycles. The first-order valence-electron chi connectivity index (χ1n) is 6.89. The number of rotatable bonds is 1. The predicted octanol–water partition coefficient (Wildman–Crippen LogP) is 1.17. The fourth-order valence-corrected chi connectivity index (χ4v) is 2.27. The topological polar surface area (TPSA) is 55.6 Å². The van der Waals surface area contributed by atoms with Gasteiger partial charge in [-0.2, -0.15) is 0 Å². The minimum Gasteiger partial charge on any atom is -0.380 e. The van der Waals surface area contributed by atoms with Gasteiger partial charge in [0.1, 0.15) is 0 Å². The lowest BCUT2D eigenvalue weighted by Crippen LogP contribution is -2.33. The van der Waals surface area contributed by atoms with Crippen LogP contribution >= 0.6 is 0 Å². The highest BCUT2D eigenvalue weighted by Crippen LogP contribution is 2.16. The Hall–Kier alpha value is -1.83. The second kappa shape index (κ2) is 7.09. The van der Waals surface area contributed by atoms with E-state index in [-0.39, 0.29) is 5.91 Å². The molecule has 2 rings (SSSR count). The van der Waals surface area contributed by atoms with Crippen molar-refractivity contribution in [2.75, 3.05) is 32.8 Å². The number of hydrogen-bond donors (Lipinski definition) is 1. The molecule has 1 heterocycles. The Morgan fingerprint density at radius 1 is 1.40 bits per heavy atom. The van der Waals surface area contributed by atoms with E-state index in [1.807, 2.05) is 30.0 Å². The minimum absolute atomic E-state index is 0.0596. The minimum atomic E-state index is 0.0596. The third kappa shape index (κ3) is 3.38. The van der Waals surface area contributed by atoms with Crippen molar-refractivity contribution in [3.63, 3.8) is 0 Å². The van der Waals surface area contributed by atoms with Crippen molar-refractivity contribution in [2.45, 2.75) is 13.3 Å². The average Bonchev–Trinajstić information content (AvgIpc) is 2.74. The van der Waals surface area contributed by atoms with E-state index < -0.39 is 0 Å². The lowest BCUT2D eigenvalue weighted by atomic mass is 10.0. The SMILES string of the molecule is Cc1c(C#CCN)cccc1C(=O)N1CCCOCC1. The molecule has 1 fully saturated rings. The van der Waals surface area contributed by atoms with Crippen LogP contribution in [0.2, 0.25) is 0 Å². The molecule has 1 aliphatic rings. The molecule has 1 aliphatic heterocycles. The number of benzene rings is 1. The van der Waals surface area contributed by atoms with Crippen LogP contribution in [0.3, 0.4) is 0 Å². The van der Waals surface area contributed by atoms with Gasteiger partial charge in [-0.3, -0.25) is 4.79 Å². The van der Waals surface area contributed by atoms with Crippen LogP contribution in [0.1, 0.15) is 27.9 Å². The van der Waals surface area contributed by atoms with Gasteiger partial charge in [-0.05, 0) is 31.0 Å². The van der Waals surface area contributed by atoms with E-state index in [1.54, 1.807) is 0 Å². The Bertz CT molecular complexity index is 535. The van der Waals surface area contributed by atoms with E-state index in [1.165, 1.54) is 0 Å². The Morgan fingerprint density at radius 3 is 3.05 bits per heavy atom. The largest absolute Gasteiger partial charge is 0.380 e. The maximum atomic E-state index is 12.6. The standard InChI is InChI=1S/C16H20N2O2/c1-13-14(6-3-8-17)5-2-7-15(13)16(19)18-9-4-11-20-12-10-18/h2,5,7H,4,8-12,17H2,1H3. The van der Waals surface area contributed by atoms with Gasteiger partial charge in [0.2, 0.25) is 0 Å². The molecule has 20 heavy (non-hydrogen) atoms. The number of carbonyl (C=O) groups excluding carboxylic acids is 1. The van der Waals surface area contributed by atoms with Gasteiger partial charge in [0.15, 0.2) is 0 Å². The van der Waals surface area contributed by atoms with Crippen molar-refractivity contribution in [3.05, 3.63) is 34.9 Å². The maximum Gasteiger partial charge on any atom is 0.254 e. The van der Waals surface area contributed by atoms with Gasteiger partial charge in [-0.25, -0.2) is 0 Å². The lowest BCUT2D eigenvalue weighted by Gasteiger charge is -2.21. The van der Waals surface area contributed by atoms with Crippen LogP contribution in [-0.2, 0) is 4.74 Å². The Kier molecular flexibility index (Phi) is 5.16. The molecule has 0 aromatic heterocycles. The number of nitrogens with two attached hydrogens (primary N) is 1. The molecular formula is C16H20N2O2. The average molecular weight is 272 g/mol. The third-order valence-electron chi connectivity index (χ3n) is 3.40. The van der Waals surface area contributed by atoms with Crippen LogP contribution in [0, 0.1) is 18.8 Å². The number of ether oxygens (including phenoxy) is 1. The van der Waals surface area contributed by atoms with Crippen LogP contribution in [0.25, 0.3) is 0 Å². The first-order valence-corrected chi connectivity index (χ1v) is 6.89. The molecule has 1 amide bonds. The molecule has 0 radical (unpaired) electrons. The van der Waals surface area contributed by atoms with Crippen LogP contribution in [0.5, 0.6) is 0 Å². The molecule has 0 unspecified atom stereocenters. The summed E-state index contributed by atoms with van der Waals surface area (Å²) in [6.45, 7) is 4.99. The van der Waals surface area contributed by atoms with Gasteiger partial charge in [0.25, 0.3) is 5.91 Å². The van der Waals surface area contributed by atoms with E-state index in [2.05, 4.69) is 11.8 Å². The van der Waals surface area contributed by atoms with Crippen molar-refractivity contribution in [2.24, 2.45) is 5.73 Å². The second-order valence-electron chi connectivity index (χ2n) is 4.74. The molecule has 0 atom stereocenters. The molecule has 1 aromatic rings. The number of carbonyl (C=O) groups is 1. The highest BCUT2D eigenvalue weighted by molar-refractivity contribution is 5.96. The summed E-state index contributed by atoms with van der Waals surface area (Å²) in [7, 11) is 0. The third-order valence-corrected chi connectivity index (χ3v) is 3.40. The van der Waals surface area contributed by atoms with Crippen molar-refractivity contribution in [1.82, 2.24) is 4.90 Å². The molecule has 1 aromatic carbocycles. The normalized spacial score (nSPS) is 15.2. The Labute approximate surface area is 119 Å². The number of hydrogen-bond acceptors (Lipinski definition) is 3. The quantitative estimate of drug-likeness (QED) is 0.781. The van der Waals surface area contributed by atoms with Gasteiger partial charge >= 0.3 is 0 Å². The van der Waals surface area contributed by atoms with E-state index in [9.17, 15) is 4.79 Å². The zero-order valence-corrected chi connectivity index (χ0v) is 11.8. The maximum absolute atomic E-state index is 12.6. The van der Waals surface area contributed by atoms with Crippen LogP contribution in [-0.4, -0.2) is 43.7 Å². The molecule has 106 valence electrons. The molecule has 4 heteroatoms. The van der Waals surface area contributed by atoms with Gasteiger partial charge in [-0.15, -0.1) is 0 Å². The summed E-state index contributed by atoms with van der Waals surface area (Å²) in [5, 5.41) is 0. The summed E-state index contributed by atoms with van der Waals surface area (Å²) < 4.78 is 5.39. The summed E-state index contributed by atoms with van der Waals surface area (Å²) in [6, 6.07) is 5.65. The summed E-state index contributed by atoms with van der Waals surface area (Å²) in [5.74, 6) is 5.91. The van der Waals surface area contributed by atoms with Gasteiger partial charge in [0, 0.05) is 30.8 Å². The van der Waals surface area contributed by atoms with Crippen LogP contribution in [0.15, 0.2) is 18.2 Å². The summed E-state index contributed by atoms with van der Waals surface area (Å²) in [5.41, 5.74) is 7.90. The Balaban J connectivity index is 2.25. The molecule has 1 saturated heterocycles. The second-order valence-corrected chi connectivity index (χ2v) is 4.74. The zero-order valence-electron chi connectivity index (χ0n) is 11.8. The summed E-state index contributed by atoms with van der Waals surface area (Å²) in [6.07, 6.45) is 0.886. The summed E-state index contributed by atoms with van der Waals surface area (Å²) >= 11 is 0. The predicted molar refractivity (Wildman–Crippen MR) is 78.5 cm³/mol. The Morgan fingerprint density at radius 2 is 2.25 bits per heavy atom. The van der Waals surface area contributed by atoms with Crippen LogP contribution in [0.4, 0.5) is 0 Å². The summed E-state index contributed by atoms with van der Waals surface area (Å²) in [4.78, 5) is 14.5. The van der Waals surface area contributed by atoms with Gasteiger partial charge in [0.05, 0.1) is 13.2 Å². The zero-order chi connectivity index (χ0) is 14.4. The van der Waals surface area contributed by atoms with Crippen molar-refractivity contribution in [3.8, 4) is 11.8 Å². The lowest BCUT2D eigenvalue weighted by molar-refractivity contribution is 0.0740. The fraction of sp³-hybridized carbons (Fsp3) is 0.438. The molecule has 0 spiro atoms. The van der Waals surface area contributed by atoms with Crippen molar-refractivity contribution >= 4 is 5.91 Å². The molecular weight excluding hydrogens is 252 g/mol. The van der Waals surface area contributed by atoms with E-state index in [4.69, 9.17) is 10.5 Å². The van der Waals surface area contributed by atoms with E-state index in [0.29, 0.717) is 19.7 Å². The van der Waals surface area contributed by atoms with Crippen molar-refractivity contribution in [1.29, 1.82) is 0 Å². The highest BCUT2D eigenvalue weighted by atomic mass is 16.5. The van der Waals surface area contributed by atoms with E-state index >= 15 is 0 Å². The monoisotopic (exact) mass is 272 g/mol. The first-order chi connectivity index (χ1) is 9.74. The van der Waals surface area contributed by atoms with Gasteiger partial charge in [-0.1, -0.05) is 17.9 Å². The smallest absolute Gasteiger partial charge is 0.254 e. The molecule has 0 aliphatic carbocycles. The fourth-order valence-electron chi connectivity index (χ4n) is 2.27. The van der Waals surface area contributed by atoms with E-state index in [0.717, 1.165) is 36.3 Å². The highest BCUT2D eigenvalue weighted by Gasteiger charge is 2.19. The molecule has 0 bridgehead atoms. The molecule has 2 N–H and O–H groups in total. The van der Waals surface area contributed by atoms with Crippen LogP contribution < -0.4 is 5.73 Å². The number of amides is 1. The number of nitrogens with zero attached hydrogens (tertiary/aromatic N) is 1. The first kappa shape index (κ1) is 14.6. The van der Waals surface area contributed by atoms with Crippen molar-refractivity contribution < 1.29 is 9.53 Å². The molecule has 4 nitrogen and oxygen atoms in total.